The molecule has 0 atom stereocenters. The molecule has 60 valence electrons. The molecule has 0 aliphatic carbocycles. The molecule has 2 N–H and O–H groups in total. The molecule has 5 heteroatoms. The molecule has 0 aliphatic rings. The van der Waals surface area contributed by atoms with Crippen LogP contribution in [0.5, 0.6) is 0 Å². The normalized spacial score (nSPS) is 10.3. The maximum Gasteiger partial charge on any atom is 0.204 e. The molecular formula is C5H11NO4. The van der Waals surface area contributed by atoms with Crippen LogP contribution in [0.3, 0.4) is 0 Å². The van der Waals surface area contributed by atoms with Crippen molar-refractivity contribution < 1.29 is 15.1 Å². The monoisotopic (exact) mass is 149 g/mol. The van der Waals surface area contributed by atoms with E-state index in [9.17, 15) is 10.1 Å². The molecule has 5 nitrogen and oxygen atoms in total. The second-order valence-electron chi connectivity index (χ2n) is 2.08. The number of nitro groups is 1. The third kappa shape index (κ3) is 4.22. The number of rotatable bonds is 5. The summed E-state index contributed by atoms with van der Waals surface area (Å²) in [7, 11) is 0. The molecule has 0 aromatic carbocycles. The fourth-order valence-electron chi connectivity index (χ4n) is 0.528. The van der Waals surface area contributed by atoms with Crippen LogP contribution in [0.25, 0.3) is 0 Å². The van der Waals surface area contributed by atoms with Crippen molar-refractivity contribution in [3.05, 3.63) is 10.1 Å². The van der Waals surface area contributed by atoms with Crippen molar-refractivity contribution in [3.63, 3.8) is 0 Å². The standard InChI is InChI=1S/C5H11NO4/c7-3-5(4-8)1-2-6(9)10/h5,7-8H,1-4H2. The second-order valence-corrected chi connectivity index (χ2v) is 2.08. The predicted molar refractivity (Wildman–Crippen MR) is 34.1 cm³/mol. The lowest BCUT2D eigenvalue weighted by atomic mass is 10.1. The molecule has 0 aromatic rings. The third-order valence-corrected chi connectivity index (χ3v) is 1.24. The number of nitrogens with zero attached hydrogens (tertiary/aromatic N) is 1. The van der Waals surface area contributed by atoms with Crippen LogP contribution in [-0.4, -0.2) is 34.9 Å². The molecule has 0 bridgehead atoms. The minimum Gasteiger partial charge on any atom is -0.396 e. The summed E-state index contributed by atoms with van der Waals surface area (Å²) >= 11 is 0. The van der Waals surface area contributed by atoms with E-state index in [1.807, 2.05) is 0 Å². The zero-order valence-electron chi connectivity index (χ0n) is 5.56. The van der Waals surface area contributed by atoms with E-state index in [2.05, 4.69) is 0 Å². The number of aliphatic hydroxyl groups is 2. The Labute approximate surface area is 58.4 Å². The summed E-state index contributed by atoms with van der Waals surface area (Å²) in [4.78, 5) is 9.32. The smallest absolute Gasteiger partial charge is 0.204 e. The lowest BCUT2D eigenvalue weighted by Gasteiger charge is -2.05. The van der Waals surface area contributed by atoms with Crippen molar-refractivity contribution in [2.45, 2.75) is 6.42 Å². The van der Waals surface area contributed by atoms with E-state index < -0.39 is 4.92 Å². The van der Waals surface area contributed by atoms with Gasteiger partial charge in [0.25, 0.3) is 0 Å². The molecular weight excluding hydrogens is 138 g/mol. The lowest BCUT2D eigenvalue weighted by molar-refractivity contribution is -0.481. The van der Waals surface area contributed by atoms with E-state index in [0.29, 0.717) is 0 Å². The largest absolute Gasteiger partial charge is 0.396 e. The van der Waals surface area contributed by atoms with Crippen LogP contribution in [0.1, 0.15) is 6.42 Å². The van der Waals surface area contributed by atoms with Gasteiger partial charge in [-0.05, 0) is 0 Å². The molecule has 0 rings (SSSR count). The van der Waals surface area contributed by atoms with Crippen LogP contribution in [0.2, 0.25) is 0 Å². The molecule has 0 unspecified atom stereocenters. The van der Waals surface area contributed by atoms with Gasteiger partial charge in [0.05, 0.1) is 0 Å². The summed E-state index contributed by atoms with van der Waals surface area (Å²) in [5.74, 6) is -0.342. The molecule has 0 aromatic heterocycles. The topological polar surface area (TPSA) is 83.6 Å². The van der Waals surface area contributed by atoms with Gasteiger partial charge in [0, 0.05) is 30.5 Å². The predicted octanol–water partition coefficient (Wildman–Crippen LogP) is -0.746. The van der Waals surface area contributed by atoms with E-state index in [1.54, 1.807) is 0 Å². The van der Waals surface area contributed by atoms with Crippen LogP contribution in [0, 0.1) is 16.0 Å². The Morgan fingerprint density at radius 1 is 1.40 bits per heavy atom. The van der Waals surface area contributed by atoms with Gasteiger partial charge >= 0.3 is 0 Å². The second kappa shape index (κ2) is 5.13. The number of hydrogen-bond donors (Lipinski definition) is 2. The first-order chi connectivity index (χ1) is 4.70. The molecule has 0 amide bonds. The van der Waals surface area contributed by atoms with E-state index >= 15 is 0 Å². The van der Waals surface area contributed by atoms with Crippen molar-refractivity contribution in [1.29, 1.82) is 0 Å². The van der Waals surface area contributed by atoms with Crippen molar-refractivity contribution >= 4 is 0 Å². The zero-order valence-corrected chi connectivity index (χ0v) is 5.56. The van der Waals surface area contributed by atoms with Crippen molar-refractivity contribution in [2.24, 2.45) is 5.92 Å². The highest BCUT2D eigenvalue weighted by Gasteiger charge is 2.08. The van der Waals surface area contributed by atoms with E-state index in [1.165, 1.54) is 0 Å². The Morgan fingerprint density at radius 2 is 1.90 bits per heavy atom. The van der Waals surface area contributed by atoms with Crippen molar-refractivity contribution in [2.75, 3.05) is 19.8 Å². The van der Waals surface area contributed by atoms with Gasteiger partial charge in [-0.15, -0.1) is 0 Å². The summed E-state index contributed by atoms with van der Waals surface area (Å²) in [6.45, 7) is -0.569. The van der Waals surface area contributed by atoms with Crippen LogP contribution >= 0.6 is 0 Å². The highest BCUT2D eigenvalue weighted by atomic mass is 16.6. The van der Waals surface area contributed by atoms with Gasteiger partial charge in [-0.2, -0.15) is 0 Å². The van der Waals surface area contributed by atoms with Gasteiger partial charge < -0.3 is 10.2 Å². The number of hydrogen-bond acceptors (Lipinski definition) is 4. The minimum atomic E-state index is -0.460. The van der Waals surface area contributed by atoms with Crippen LogP contribution in [0.15, 0.2) is 0 Å². The molecule has 10 heavy (non-hydrogen) atoms. The summed E-state index contributed by atoms with van der Waals surface area (Å²) in [5, 5.41) is 26.7. The molecule has 0 saturated heterocycles. The highest BCUT2D eigenvalue weighted by molar-refractivity contribution is 4.53. The van der Waals surface area contributed by atoms with Gasteiger partial charge in [-0.3, -0.25) is 10.1 Å². The maximum absolute atomic E-state index is 9.78. The van der Waals surface area contributed by atoms with Gasteiger partial charge in [0.2, 0.25) is 6.54 Å². The Bertz CT molecular complexity index is 102. The molecule has 0 spiro atoms. The summed E-state index contributed by atoms with van der Waals surface area (Å²) in [5.41, 5.74) is 0. The van der Waals surface area contributed by atoms with Gasteiger partial charge in [0.15, 0.2) is 0 Å². The van der Waals surface area contributed by atoms with Gasteiger partial charge in [-0.25, -0.2) is 0 Å². The minimum absolute atomic E-state index is 0.189. The quantitative estimate of drug-likeness (QED) is 0.398. The molecule has 0 aliphatic heterocycles. The number of aliphatic hydroxyl groups excluding tert-OH is 2. The van der Waals surface area contributed by atoms with Crippen LogP contribution < -0.4 is 0 Å². The summed E-state index contributed by atoms with van der Waals surface area (Å²) in [6, 6.07) is 0. The highest BCUT2D eigenvalue weighted by Crippen LogP contribution is 1.99. The molecule has 0 heterocycles. The van der Waals surface area contributed by atoms with Gasteiger partial charge in [0.1, 0.15) is 0 Å². The van der Waals surface area contributed by atoms with Gasteiger partial charge in [-0.1, -0.05) is 0 Å². The SMILES string of the molecule is O=[N+]([O-])CCC(CO)CO. The molecule has 0 saturated carbocycles. The average molecular weight is 149 g/mol. The Balaban J connectivity index is 3.34. The fraction of sp³-hybridized carbons (Fsp3) is 1.00. The Morgan fingerprint density at radius 3 is 2.20 bits per heavy atom. The summed E-state index contributed by atoms with van der Waals surface area (Å²) < 4.78 is 0. The van der Waals surface area contributed by atoms with Crippen molar-refractivity contribution in [3.8, 4) is 0 Å². The zero-order chi connectivity index (χ0) is 7.98. The Kier molecular flexibility index (Phi) is 4.78. The van der Waals surface area contributed by atoms with Crippen LogP contribution in [0.4, 0.5) is 0 Å². The van der Waals surface area contributed by atoms with E-state index in [0.717, 1.165) is 0 Å². The van der Waals surface area contributed by atoms with Crippen molar-refractivity contribution in [1.82, 2.24) is 0 Å². The maximum atomic E-state index is 9.78. The molecule has 0 radical (unpaired) electrons. The average Bonchev–Trinajstić information content (AvgIpc) is 1.90. The lowest BCUT2D eigenvalue weighted by Crippen LogP contribution is -2.15. The summed E-state index contributed by atoms with van der Waals surface area (Å²) in [6.07, 6.45) is 0.236. The first-order valence-corrected chi connectivity index (χ1v) is 3.04. The fourth-order valence-corrected chi connectivity index (χ4v) is 0.528. The third-order valence-electron chi connectivity index (χ3n) is 1.24. The first-order valence-electron chi connectivity index (χ1n) is 3.04. The Hall–Kier alpha value is -0.680. The van der Waals surface area contributed by atoms with E-state index in [-0.39, 0.29) is 32.1 Å². The first kappa shape index (κ1) is 9.32. The van der Waals surface area contributed by atoms with Crippen LogP contribution in [-0.2, 0) is 0 Å². The molecule has 0 fully saturated rings. The van der Waals surface area contributed by atoms with E-state index in [4.69, 9.17) is 10.2 Å².